The fraction of sp³-hybridized carbons (Fsp3) is 0.588. The smallest absolute Gasteiger partial charge is 0.269 e. The van der Waals surface area contributed by atoms with E-state index in [0.29, 0.717) is 55.4 Å². The highest BCUT2D eigenvalue weighted by Gasteiger charge is 2.48. The van der Waals surface area contributed by atoms with E-state index in [1.165, 1.54) is 6.26 Å². The summed E-state index contributed by atoms with van der Waals surface area (Å²) in [6.07, 6.45) is 2.62. The summed E-state index contributed by atoms with van der Waals surface area (Å²) in [5, 5.41) is 6.82. The Morgan fingerprint density at radius 2 is 2.25 bits per heavy atom. The maximum absolute atomic E-state index is 12.6. The molecule has 2 amide bonds. The SMILES string of the molecule is Cc1occc1C(=O)N1CC[C@@]2(CC(C(=O)NCC(C)C)=NO2)C1. The van der Waals surface area contributed by atoms with Crippen molar-refractivity contribution < 1.29 is 18.8 Å². The third-order valence-electron chi connectivity index (χ3n) is 4.46. The predicted octanol–water partition coefficient (Wildman–Crippen LogP) is 1.72. The molecule has 2 aliphatic rings. The summed E-state index contributed by atoms with van der Waals surface area (Å²) >= 11 is 0. The van der Waals surface area contributed by atoms with Crippen LogP contribution < -0.4 is 5.32 Å². The van der Waals surface area contributed by atoms with Gasteiger partial charge in [-0.2, -0.15) is 0 Å². The molecule has 1 fully saturated rings. The van der Waals surface area contributed by atoms with E-state index in [1.807, 2.05) is 13.8 Å². The molecule has 1 atom stereocenters. The van der Waals surface area contributed by atoms with Crippen molar-refractivity contribution in [1.29, 1.82) is 0 Å². The summed E-state index contributed by atoms with van der Waals surface area (Å²) in [6, 6.07) is 1.68. The summed E-state index contributed by atoms with van der Waals surface area (Å²) in [7, 11) is 0. The van der Waals surface area contributed by atoms with E-state index in [1.54, 1.807) is 17.9 Å². The molecule has 1 N–H and O–H groups in total. The lowest BCUT2D eigenvalue weighted by Gasteiger charge is -2.21. The maximum atomic E-state index is 12.6. The van der Waals surface area contributed by atoms with E-state index in [2.05, 4.69) is 10.5 Å². The van der Waals surface area contributed by atoms with Crippen molar-refractivity contribution in [2.45, 2.75) is 39.2 Å². The summed E-state index contributed by atoms with van der Waals surface area (Å²) < 4.78 is 5.20. The maximum Gasteiger partial charge on any atom is 0.269 e. The number of aryl methyl sites for hydroxylation is 1. The van der Waals surface area contributed by atoms with Crippen LogP contribution in [0.15, 0.2) is 21.9 Å². The highest BCUT2D eigenvalue weighted by atomic mass is 16.7. The largest absolute Gasteiger partial charge is 0.469 e. The van der Waals surface area contributed by atoms with Gasteiger partial charge in [-0.1, -0.05) is 19.0 Å². The average Bonchev–Trinajstić information content (AvgIpc) is 3.26. The zero-order valence-corrected chi connectivity index (χ0v) is 14.3. The minimum absolute atomic E-state index is 0.0700. The monoisotopic (exact) mass is 333 g/mol. The van der Waals surface area contributed by atoms with Crippen LogP contribution in [-0.2, 0) is 9.63 Å². The van der Waals surface area contributed by atoms with Gasteiger partial charge in [0.25, 0.3) is 11.8 Å². The third-order valence-corrected chi connectivity index (χ3v) is 4.46. The molecule has 2 aliphatic heterocycles. The lowest BCUT2D eigenvalue weighted by atomic mass is 9.96. The van der Waals surface area contributed by atoms with Gasteiger partial charge in [0.1, 0.15) is 11.5 Å². The molecule has 0 saturated carbocycles. The van der Waals surface area contributed by atoms with Crippen LogP contribution in [0.25, 0.3) is 0 Å². The number of likely N-dealkylation sites (tertiary alicyclic amines) is 1. The van der Waals surface area contributed by atoms with Crippen molar-refractivity contribution in [3.63, 3.8) is 0 Å². The molecule has 1 spiro atoms. The quantitative estimate of drug-likeness (QED) is 0.909. The Morgan fingerprint density at radius 3 is 2.92 bits per heavy atom. The number of oxime groups is 1. The zero-order chi connectivity index (χ0) is 17.3. The van der Waals surface area contributed by atoms with Crippen molar-refractivity contribution in [3.05, 3.63) is 23.7 Å². The molecule has 7 heteroatoms. The first kappa shape index (κ1) is 16.5. The van der Waals surface area contributed by atoms with Crippen LogP contribution in [-0.4, -0.2) is 47.7 Å². The van der Waals surface area contributed by atoms with Gasteiger partial charge in [0.2, 0.25) is 0 Å². The minimum Gasteiger partial charge on any atom is -0.469 e. The Balaban J connectivity index is 1.59. The van der Waals surface area contributed by atoms with Gasteiger partial charge in [-0.05, 0) is 18.9 Å². The number of hydrogen-bond donors (Lipinski definition) is 1. The first-order valence-electron chi connectivity index (χ1n) is 8.27. The molecule has 0 aliphatic carbocycles. The second-order valence-corrected chi connectivity index (χ2v) is 6.96. The lowest BCUT2D eigenvalue weighted by Crippen LogP contribution is -2.39. The number of nitrogens with zero attached hydrogens (tertiary/aromatic N) is 2. The second-order valence-electron chi connectivity index (χ2n) is 6.96. The van der Waals surface area contributed by atoms with Crippen molar-refractivity contribution in [2.24, 2.45) is 11.1 Å². The predicted molar refractivity (Wildman–Crippen MR) is 87.7 cm³/mol. The average molecular weight is 333 g/mol. The molecular weight excluding hydrogens is 310 g/mol. The second kappa shape index (κ2) is 6.30. The molecule has 0 aromatic carbocycles. The van der Waals surface area contributed by atoms with Crippen LogP contribution in [0.1, 0.15) is 42.8 Å². The van der Waals surface area contributed by atoms with Gasteiger partial charge in [0, 0.05) is 25.9 Å². The van der Waals surface area contributed by atoms with Gasteiger partial charge in [0.05, 0.1) is 18.4 Å². The van der Waals surface area contributed by atoms with Crippen LogP contribution in [0, 0.1) is 12.8 Å². The molecule has 7 nitrogen and oxygen atoms in total. The molecule has 1 aromatic rings. The minimum atomic E-state index is -0.572. The van der Waals surface area contributed by atoms with Crippen molar-refractivity contribution >= 4 is 17.5 Å². The van der Waals surface area contributed by atoms with Crippen molar-refractivity contribution in [3.8, 4) is 0 Å². The number of rotatable bonds is 4. The fourth-order valence-corrected chi connectivity index (χ4v) is 3.06. The van der Waals surface area contributed by atoms with Crippen molar-refractivity contribution in [1.82, 2.24) is 10.2 Å². The van der Waals surface area contributed by atoms with Gasteiger partial charge in [0.15, 0.2) is 5.60 Å². The topological polar surface area (TPSA) is 84.1 Å². The Bertz CT molecular complexity index is 679. The Hall–Kier alpha value is -2.31. The number of nitrogens with one attached hydrogen (secondary N) is 1. The van der Waals surface area contributed by atoms with Crippen LogP contribution >= 0.6 is 0 Å². The van der Waals surface area contributed by atoms with Crippen LogP contribution in [0.4, 0.5) is 0 Å². The molecule has 0 bridgehead atoms. The standard InChI is InChI=1S/C17H23N3O4/c1-11(2)9-18-15(21)14-8-17(24-19-14)5-6-20(10-17)16(22)13-4-7-23-12(13)3/h4,7,11H,5-6,8-10H2,1-3H3,(H,18,21)/t17-/m1/s1. The molecule has 24 heavy (non-hydrogen) atoms. The number of hydrogen-bond acceptors (Lipinski definition) is 5. The lowest BCUT2D eigenvalue weighted by molar-refractivity contribution is -0.115. The molecule has 0 radical (unpaired) electrons. The molecule has 130 valence electrons. The number of carbonyl (C=O) groups is 2. The highest BCUT2D eigenvalue weighted by molar-refractivity contribution is 6.39. The Labute approximate surface area is 141 Å². The van der Waals surface area contributed by atoms with E-state index < -0.39 is 5.60 Å². The normalized spacial score (nSPS) is 22.8. The van der Waals surface area contributed by atoms with E-state index >= 15 is 0 Å². The molecular formula is C17H23N3O4. The Morgan fingerprint density at radius 1 is 1.46 bits per heavy atom. The van der Waals surface area contributed by atoms with Crippen molar-refractivity contribution in [2.75, 3.05) is 19.6 Å². The molecule has 1 saturated heterocycles. The first-order chi connectivity index (χ1) is 11.4. The number of furan rings is 1. The van der Waals surface area contributed by atoms with E-state index in [4.69, 9.17) is 9.25 Å². The van der Waals surface area contributed by atoms with Crippen LogP contribution in [0.5, 0.6) is 0 Å². The summed E-state index contributed by atoms with van der Waals surface area (Å²) in [4.78, 5) is 32.0. The van der Waals surface area contributed by atoms with Gasteiger partial charge >= 0.3 is 0 Å². The zero-order valence-electron chi connectivity index (χ0n) is 14.3. The summed E-state index contributed by atoms with van der Waals surface area (Å²) in [5.74, 6) is 0.734. The van der Waals surface area contributed by atoms with Gasteiger partial charge < -0.3 is 19.5 Å². The molecule has 1 aromatic heterocycles. The molecule has 3 rings (SSSR count). The van der Waals surface area contributed by atoms with E-state index in [9.17, 15) is 9.59 Å². The summed E-state index contributed by atoms with van der Waals surface area (Å²) in [5.41, 5.74) is 0.406. The first-order valence-corrected chi connectivity index (χ1v) is 8.27. The number of amides is 2. The third kappa shape index (κ3) is 3.16. The fourth-order valence-electron chi connectivity index (χ4n) is 3.06. The number of carbonyl (C=O) groups excluding carboxylic acids is 2. The Kier molecular flexibility index (Phi) is 4.34. The van der Waals surface area contributed by atoms with E-state index in [0.717, 1.165) is 0 Å². The van der Waals surface area contributed by atoms with E-state index in [-0.39, 0.29) is 11.8 Å². The van der Waals surface area contributed by atoms with Crippen LogP contribution in [0.3, 0.4) is 0 Å². The van der Waals surface area contributed by atoms with Gasteiger partial charge in [-0.3, -0.25) is 9.59 Å². The van der Waals surface area contributed by atoms with Crippen LogP contribution in [0.2, 0.25) is 0 Å². The molecule has 3 heterocycles. The van der Waals surface area contributed by atoms with Gasteiger partial charge in [-0.15, -0.1) is 0 Å². The highest BCUT2D eigenvalue weighted by Crippen LogP contribution is 2.34. The molecule has 0 unspecified atom stereocenters. The van der Waals surface area contributed by atoms with Gasteiger partial charge in [-0.25, -0.2) is 0 Å². The summed E-state index contributed by atoms with van der Waals surface area (Å²) in [6.45, 7) is 7.46.